The molecule has 3 aromatic rings. The maximum Gasteiger partial charge on any atom is 0.264 e. The van der Waals surface area contributed by atoms with Crippen molar-refractivity contribution in [2.75, 3.05) is 62.8 Å². The van der Waals surface area contributed by atoms with Gasteiger partial charge in [-0.05, 0) is 54.6 Å². The lowest BCUT2D eigenvalue weighted by atomic mass is 10.3. The van der Waals surface area contributed by atoms with Gasteiger partial charge in [-0.3, -0.25) is 9.10 Å². The Morgan fingerprint density at radius 2 is 1.62 bits per heavy atom. The minimum atomic E-state index is -4.36. The van der Waals surface area contributed by atoms with Crippen LogP contribution in [-0.4, -0.2) is 80.2 Å². The maximum absolute atomic E-state index is 13.8. The highest BCUT2D eigenvalue weighted by atomic mass is 32.2. The van der Waals surface area contributed by atoms with Gasteiger partial charge in [0.2, 0.25) is 15.9 Å². The number of nitrogens with one attached hydrogen (secondary N) is 1. The normalized spacial score (nSPS) is 15.6. The first-order chi connectivity index (χ1) is 20.1. The lowest BCUT2D eigenvalue weighted by Crippen LogP contribution is -2.40. The van der Waals surface area contributed by atoms with Gasteiger partial charge in [0.05, 0.1) is 30.9 Å². The van der Waals surface area contributed by atoms with Gasteiger partial charge < -0.3 is 24.3 Å². The summed E-state index contributed by atoms with van der Waals surface area (Å²) in [6.07, 6.45) is 0. The Morgan fingerprint density at radius 3 is 2.31 bits per heavy atom. The Bertz CT molecular complexity index is 1680. The lowest BCUT2D eigenvalue weighted by Gasteiger charge is -2.27. The van der Waals surface area contributed by atoms with E-state index in [1.54, 1.807) is 0 Å². The Balaban J connectivity index is 1.44. The number of anilines is 2. The number of amides is 1. The molecule has 0 radical (unpaired) electrons. The topological polar surface area (TPSA) is 141 Å². The second-order valence-electron chi connectivity index (χ2n) is 9.22. The number of carbonyl (C=O) groups excluding carboxylic acids is 1. The molecule has 3 aromatic carbocycles. The summed E-state index contributed by atoms with van der Waals surface area (Å²) in [5, 5.41) is 2.57. The van der Waals surface area contributed by atoms with Gasteiger partial charge in [-0.15, -0.1) is 0 Å². The van der Waals surface area contributed by atoms with Gasteiger partial charge in [0.1, 0.15) is 36.2 Å². The van der Waals surface area contributed by atoms with Crippen LogP contribution in [-0.2, 0) is 29.6 Å². The fraction of sp³-hybridized carbons (Fsp3) is 0.296. The summed E-state index contributed by atoms with van der Waals surface area (Å²) in [5.74, 6) is -0.673. The molecular weight excluding hydrogens is 593 g/mol. The number of nitrogens with zero attached hydrogens (tertiary/aromatic N) is 2. The first-order valence-corrected chi connectivity index (χ1v) is 15.7. The summed E-state index contributed by atoms with van der Waals surface area (Å²) in [6, 6.07) is 12.8. The van der Waals surface area contributed by atoms with Crippen molar-refractivity contribution in [2.24, 2.45) is 0 Å². The van der Waals surface area contributed by atoms with E-state index in [4.69, 9.17) is 18.9 Å². The molecular formula is C27H28FN3O9S2. The number of sulfonamides is 2. The fourth-order valence-corrected chi connectivity index (χ4v) is 7.47. The van der Waals surface area contributed by atoms with Gasteiger partial charge >= 0.3 is 0 Å². The number of hydrogen-bond donors (Lipinski definition) is 1. The molecule has 1 amide bonds. The molecule has 0 unspecified atom stereocenters. The monoisotopic (exact) mass is 621 g/mol. The average molecular weight is 622 g/mol. The highest BCUT2D eigenvalue weighted by Gasteiger charge is 2.31. The average Bonchev–Trinajstić information content (AvgIpc) is 3.00. The Hall–Kier alpha value is -3.92. The van der Waals surface area contributed by atoms with Crippen molar-refractivity contribution in [1.29, 1.82) is 0 Å². The summed E-state index contributed by atoms with van der Waals surface area (Å²) in [7, 11) is -7.02. The number of morpholine rings is 1. The summed E-state index contributed by atoms with van der Waals surface area (Å²) < 4.78 is 91.5. The van der Waals surface area contributed by atoms with Crippen LogP contribution in [0.2, 0.25) is 0 Å². The van der Waals surface area contributed by atoms with Gasteiger partial charge in [-0.2, -0.15) is 4.31 Å². The molecule has 15 heteroatoms. The predicted molar refractivity (Wildman–Crippen MR) is 150 cm³/mol. The van der Waals surface area contributed by atoms with Crippen molar-refractivity contribution in [3.05, 3.63) is 66.5 Å². The molecule has 0 atom stereocenters. The standard InChI is InChI=1S/C27H28FN3O9S2/c1-37-24-8-4-20(16-26(24)42(35,36)30-10-12-38-13-11-30)29-27(32)18-31(21-5-2-19(28)3-6-21)41(33,34)22-7-9-23-25(17-22)40-15-14-39-23/h2-9,16-17H,10-15,18H2,1H3,(H,29,32). The molecule has 0 bridgehead atoms. The van der Waals surface area contributed by atoms with Crippen LogP contribution >= 0.6 is 0 Å². The van der Waals surface area contributed by atoms with E-state index in [9.17, 15) is 26.0 Å². The molecule has 1 N–H and O–H groups in total. The van der Waals surface area contributed by atoms with E-state index in [-0.39, 0.29) is 65.6 Å². The molecule has 1 saturated heterocycles. The molecule has 2 heterocycles. The summed E-state index contributed by atoms with van der Waals surface area (Å²) in [5.41, 5.74) is 0.134. The van der Waals surface area contributed by atoms with Crippen molar-refractivity contribution < 1.29 is 45.0 Å². The molecule has 224 valence electrons. The summed E-state index contributed by atoms with van der Waals surface area (Å²) in [6.45, 7) is 0.663. The van der Waals surface area contributed by atoms with E-state index in [1.807, 2.05) is 0 Å². The van der Waals surface area contributed by atoms with Crippen LogP contribution in [0.25, 0.3) is 0 Å². The second kappa shape index (κ2) is 12.1. The SMILES string of the molecule is COc1ccc(NC(=O)CN(c2ccc(F)cc2)S(=O)(=O)c2ccc3c(c2)OCCO3)cc1S(=O)(=O)N1CCOCC1. The largest absolute Gasteiger partial charge is 0.495 e. The first kappa shape index (κ1) is 29.6. The Morgan fingerprint density at radius 1 is 0.929 bits per heavy atom. The van der Waals surface area contributed by atoms with E-state index in [0.29, 0.717) is 12.4 Å². The number of fused-ring (bicyclic) bond motifs is 1. The zero-order valence-corrected chi connectivity index (χ0v) is 24.1. The quantitative estimate of drug-likeness (QED) is 0.382. The smallest absolute Gasteiger partial charge is 0.264 e. The van der Waals surface area contributed by atoms with E-state index < -0.39 is 38.3 Å². The van der Waals surface area contributed by atoms with Crippen molar-refractivity contribution in [3.63, 3.8) is 0 Å². The molecule has 2 aliphatic rings. The van der Waals surface area contributed by atoms with Crippen molar-refractivity contribution in [3.8, 4) is 17.2 Å². The molecule has 0 aliphatic carbocycles. The molecule has 0 saturated carbocycles. The number of rotatable bonds is 9. The fourth-order valence-electron chi connectivity index (χ4n) is 4.45. The highest BCUT2D eigenvalue weighted by molar-refractivity contribution is 7.92. The predicted octanol–water partition coefficient (Wildman–Crippen LogP) is 2.46. The Kier molecular flexibility index (Phi) is 8.54. The van der Waals surface area contributed by atoms with Gasteiger partial charge in [0.15, 0.2) is 11.5 Å². The third-order valence-corrected chi connectivity index (χ3v) is 10.2. The van der Waals surface area contributed by atoms with E-state index in [0.717, 1.165) is 16.4 Å². The van der Waals surface area contributed by atoms with Crippen molar-refractivity contribution >= 4 is 37.3 Å². The van der Waals surface area contributed by atoms with Crippen LogP contribution in [0.3, 0.4) is 0 Å². The molecule has 0 spiro atoms. The zero-order chi connectivity index (χ0) is 29.9. The Labute approximate surface area is 242 Å². The van der Waals surface area contributed by atoms with Crippen LogP contribution in [0.15, 0.2) is 70.5 Å². The number of benzene rings is 3. The molecule has 12 nitrogen and oxygen atoms in total. The molecule has 0 aromatic heterocycles. The van der Waals surface area contributed by atoms with Gasteiger partial charge in [-0.1, -0.05) is 0 Å². The van der Waals surface area contributed by atoms with Crippen molar-refractivity contribution in [1.82, 2.24) is 4.31 Å². The van der Waals surface area contributed by atoms with E-state index in [1.165, 1.54) is 59.9 Å². The van der Waals surface area contributed by atoms with Gasteiger partial charge in [-0.25, -0.2) is 21.2 Å². The summed E-state index contributed by atoms with van der Waals surface area (Å²) >= 11 is 0. The zero-order valence-electron chi connectivity index (χ0n) is 22.5. The van der Waals surface area contributed by atoms with Crippen LogP contribution in [0, 0.1) is 5.82 Å². The van der Waals surface area contributed by atoms with E-state index in [2.05, 4.69) is 5.32 Å². The first-order valence-electron chi connectivity index (χ1n) is 12.8. The third-order valence-electron chi connectivity index (χ3n) is 6.54. The highest BCUT2D eigenvalue weighted by Crippen LogP contribution is 2.35. The van der Waals surface area contributed by atoms with Gasteiger partial charge in [0.25, 0.3) is 10.0 Å². The maximum atomic E-state index is 13.8. The third kappa shape index (κ3) is 6.13. The number of halogens is 1. The van der Waals surface area contributed by atoms with Crippen LogP contribution in [0.4, 0.5) is 15.8 Å². The molecule has 42 heavy (non-hydrogen) atoms. The second-order valence-corrected chi connectivity index (χ2v) is 13.0. The van der Waals surface area contributed by atoms with Gasteiger partial charge in [0, 0.05) is 24.8 Å². The molecule has 2 aliphatic heterocycles. The van der Waals surface area contributed by atoms with Crippen LogP contribution < -0.4 is 23.8 Å². The number of ether oxygens (including phenoxy) is 4. The lowest BCUT2D eigenvalue weighted by molar-refractivity contribution is -0.114. The number of carbonyl (C=O) groups is 1. The minimum Gasteiger partial charge on any atom is -0.495 e. The van der Waals surface area contributed by atoms with Crippen LogP contribution in [0.5, 0.6) is 17.2 Å². The number of methoxy groups -OCH3 is 1. The molecule has 5 rings (SSSR count). The number of hydrogen-bond acceptors (Lipinski definition) is 9. The van der Waals surface area contributed by atoms with E-state index >= 15 is 0 Å². The summed E-state index contributed by atoms with van der Waals surface area (Å²) in [4.78, 5) is 12.9. The minimum absolute atomic E-state index is 0.0340. The molecule has 1 fully saturated rings. The van der Waals surface area contributed by atoms with Crippen molar-refractivity contribution in [2.45, 2.75) is 9.79 Å². The van der Waals surface area contributed by atoms with Crippen LogP contribution in [0.1, 0.15) is 0 Å².